The van der Waals surface area contributed by atoms with Gasteiger partial charge in [-0.05, 0) is 37.1 Å². The first-order valence-corrected chi connectivity index (χ1v) is 8.92. The Hall–Kier alpha value is -3.15. The highest BCUT2D eigenvalue weighted by molar-refractivity contribution is 5.94. The molecular weight excluding hydrogens is 340 g/mol. The number of benzene rings is 2. The maximum Gasteiger partial charge on any atom is 0.195 e. The van der Waals surface area contributed by atoms with Gasteiger partial charge in [0, 0.05) is 41.9 Å². The average Bonchev–Trinajstić information content (AvgIpc) is 3.02. The van der Waals surface area contributed by atoms with Crippen LogP contribution in [0.25, 0.3) is 10.9 Å². The van der Waals surface area contributed by atoms with Gasteiger partial charge in [-0.1, -0.05) is 18.2 Å². The molecule has 0 saturated carbocycles. The minimum atomic E-state index is 0.673. The lowest BCUT2D eigenvalue weighted by molar-refractivity contribution is 0.355. The summed E-state index contributed by atoms with van der Waals surface area (Å²) in [5.41, 5.74) is 4.60. The van der Waals surface area contributed by atoms with Crippen molar-refractivity contribution in [2.24, 2.45) is 4.99 Å². The number of guanidine groups is 1. The molecule has 1 aromatic heterocycles. The number of anilines is 1. The van der Waals surface area contributed by atoms with E-state index in [0.29, 0.717) is 17.5 Å². The zero-order chi connectivity index (χ0) is 19.2. The molecule has 3 N–H and O–H groups in total. The number of nitrogens with zero attached hydrogens (tertiary/aromatic N) is 1. The van der Waals surface area contributed by atoms with Crippen LogP contribution in [0.5, 0.6) is 11.5 Å². The minimum Gasteiger partial charge on any atom is -0.493 e. The summed E-state index contributed by atoms with van der Waals surface area (Å²) in [6.07, 6.45) is 0.905. The van der Waals surface area contributed by atoms with E-state index in [0.717, 1.165) is 18.7 Å². The molecule has 3 rings (SSSR count). The van der Waals surface area contributed by atoms with E-state index in [4.69, 9.17) is 9.47 Å². The van der Waals surface area contributed by atoms with E-state index in [1.807, 2.05) is 18.2 Å². The number of methoxy groups -OCH3 is 2. The van der Waals surface area contributed by atoms with Crippen molar-refractivity contribution >= 4 is 22.5 Å². The van der Waals surface area contributed by atoms with Crippen LogP contribution in [0.3, 0.4) is 0 Å². The lowest BCUT2D eigenvalue weighted by Gasteiger charge is -2.14. The Balaban J connectivity index is 1.63. The smallest absolute Gasteiger partial charge is 0.195 e. The third-order valence-electron chi connectivity index (χ3n) is 4.56. The Morgan fingerprint density at radius 2 is 1.85 bits per heavy atom. The van der Waals surface area contributed by atoms with E-state index in [1.54, 1.807) is 21.3 Å². The molecule has 0 atom stereocenters. The number of aromatic nitrogens is 1. The number of nitrogens with one attached hydrogen (secondary N) is 3. The van der Waals surface area contributed by atoms with Gasteiger partial charge in [0.25, 0.3) is 0 Å². The molecule has 0 aliphatic carbocycles. The van der Waals surface area contributed by atoms with Crippen LogP contribution in [0.15, 0.2) is 47.5 Å². The number of aryl methyl sites for hydroxylation is 1. The van der Waals surface area contributed by atoms with Crippen molar-refractivity contribution in [3.05, 3.63) is 53.7 Å². The van der Waals surface area contributed by atoms with Crippen LogP contribution in [0.2, 0.25) is 0 Å². The third kappa shape index (κ3) is 4.16. The molecule has 0 saturated heterocycles. The van der Waals surface area contributed by atoms with Crippen molar-refractivity contribution < 1.29 is 9.47 Å². The van der Waals surface area contributed by atoms with Crippen LogP contribution in [0.1, 0.15) is 11.3 Å². The predicted octanol–water partition coefficient (Wildman–Crippen LogP) is 3.72. The quantitative estimate of drug-likeness (QED) is 0.459. The molecule has 0 aliphatic heterocycles. The molecule has 0 radical (unpaired) electrons. The molecule has 1 heterocycles. The van der Waals surface area contributed by atoms with Gasteiger partial charge in [0.15, 0.2) is 17.5 Å². The van der Waals surface area contributed by atoms with Crippen LogP contribution in [-0.2, 0) is 6.42 Å². The van der Waals surface area contributed by atoms with Gasteiger partial charge >= 0.3 is 0 Å². The largest absolute Gasteiger partial charge is 0.493 e. The Labute approximate surface area is 159 Å². The highest BCUT2D eigenvalue weighted by atomic mass is 16.5. The van der Waals surface area contributed by atoms with Gasteiger partial charge in [-0.3, -0.25) is 4.99 Å². The molecule has 0 aliphatic rings. The summed E-state index contributed by atoms with van der Waals surface area (Å²) >= 11 is 0. The second kappa shape index (κ2) is 8.49. The molecule has 0 spiro atoms. The first-order chi connectivity index (χ1) is 13.2. The zero-order valence-corrected chi connectivity index (χ0v) is 16.2. The van der Waals surface area contributed by atoms with Crippen LogP contribution in [-0.4, -0.2) is 38.8 Å². The molecule has 0 bridgehead atoms. The fourth-order valence-corrected chi connectivity index (χ4v) is 3.19. The Morgan fingerprint density at radius 1 is 1.07 bits per heavy atom. The molecule has 27 heavy (non-hydrogen) atoms. The van der Waals surface area contributed by atoms with Crippen LogP contribution < -0.4 is 20.1 Å². The van der Waals surface area contributed by atoms with E-state index in [9.17, 15) is 0 Å². The summed E-state index contributed by atoms with van der Waals surface area (Å²) in [5.74, 6) is 2.08. The van der Waals surface area contributed by atoms with Crippen LogP contribution >= 0.6 is 0 Å². The number of aromatic amines is 1. The van der Waals surface area contributed by atoms with Crippen molar-refractivity contribution in [2.45, 2.75) is 13.3 Å². The lowest BCUT2D eigenvalue weighted by atomic mass is 10.1. The Morgan fingerprint density at radius 3 is 2.59 bits per heavy atom. The summed E-state index contributed by atoms with van der Waals surface area (Å²) in [6.45, 7) is 2.89. The molecule has 0 amide bonds. The minimum absolute atomic E-state index is 0.673. The maximum atomic E-state index is 5.35. The fourth-order valence-electron chi connectivity index (χ4n) is 3.19. The number of hydrogen-bond donors (Lipinski definition) is 3. The standard InChI is InChI=1S/C21H26N4O2/c1-14-16(17-7-5-6-8-18(17)24-14)11-12-23-21(22-2)25-15-9-10-19(26-3)20(13-15)27-4/h5-10,13,24H,11-12H2,1-4H3,(H2,22,23,25). The van der Waals surface area contributed by atoms with E-state index < -0.39 is 0 Å². The molecule has 2 aromatic carbocycles. The van der Waals surface area contributed by atoms with E-state index in [2.05, 4.69) is 51.8 Å². The van der Waals surface area contributed by atoms with E-state index in [-0.39, 0.29) is 0 Å². The predicted molar refractivity (Wildman–Crippen MR) is 111 cm³/mol. The van der Waals surface area contributed by atoms with Crippen molar-refractivity contribution in [3.63, 3.8) is 0 Å². The third-order valence-corrected chi connectivity index (χ3v) is 4.56. The van der Waals surface area contributed by atoms with Crippen molar-refractivity contribution in [3.8, 4) is 11.5 Å². The second-order valence-corrected chi connectivity index (χ2v) is 6.22. The summed E-state index contributed by atoms with van der Waals surface area (Å²) in [4.78, 5) is 7.74. The van der Waals surface area contributed by atoms with Crippen molar-refractivity contribution in [1.82, 2.24) is 10.3 Å². The van der Waals surface area contributed by atoms with Gasteiger partial charge in [0.1, 0.15) is 0 Å². The number of hydrogen-bond acceptors (Lipinski definition) is 3. The molecule has 142 valence electrons. The lowest BCUT2D eigenvalue weighted by Crippen LogP contribution is -2.32. The van der Waals surface area contributed by atoms with Gasteiger partial charge in [-0.15, -0.1) is 0 Å². The average molecular weight is 366 g/mol. The maximum absolute atomic E-state index is 5.35. The Bertz CT molecular complexity index is 947. The summed E-state index contributed by atoms with van der Waals surface area (Å²) in [6, 6.07) is 14.1. The van der Waals surface area contributed by atoms with Crippen molar-refractivity contribution in [1.29, 1.82) is 0 Å². The molecule has 0 unspecified atom stereocenters. The first kappa shape index (κ1) is 18.6. The summed E-state index contributed by atoms with van der Waals surface area (Å²) < 4.78 is 10.6. The van der Waals surface area contributed by atoms with E-state index in [1.165, 1.54) is 22.2 Å². The number of aliphatic imine (C=N–C) groups is 1. The first-order valence-electron chi connectivity index (χ1n) is 8.92. The van der Waals surface area contributed by atoms with Gasteiger partial charge in [-0.25, -0.2) is 0 Å². The van der Waals surface area contributed by atoms with Gasteiger partial charge < -0.3 is 25.1 Å². The normalized spacial score (nSPS) is 11.5. The van der Waals surface area contributed by atoms with Gasteiger partial charge in [0.2, 0.25) is 0 Å². The SMILES string of the molecule is CN=C(NCCc1c(C)[nH]c2ccccc12)Nc1ccc(OC)c(OC)c1. The van der Waals surface area contributed by atoms with Crippen LogP contribution in [0.4, 0.5) is 5.69 Å². The molecule has 0 fully saturated rings. The summed E-state index contributed by atoms with van der Waals surface area (Å²) in [5, 5.41) is 7.93. The van der Waals surface area contributed by atoms with E-state index >= 15 is 0 Å². The highest BCUT2D eigenvalue weighted by Gasteiger charge is 2.09. The number of fused-ring (bicyclic) bond motifs is 1. The monoisotopic (exact) mass is 366 g/mol. The van der Waals surface area contributed by atoms with Gasteiger partial charge in [0.05, 0.1) is 14.2 Å². The number of rotatable bonds is 6. The molecular formula is C21H26N4O2. The Kier molecular flexibility index (Phi) is 5.86. The fraction of sp³-hybridized carbons (Fsp3) is 0.286. The number of para-hydroxylation sites is 1. The zero-order valence-electron chi connectivity index (χ0n) is 16.2. The van der Waals surface area contributed by atoms with Gasteiger partial charge in [-0.2, -0.15) is 0 Å². The molecule has 3 aromatic rings. The second-order valence-electron chi connectivity index (χ2n) is 6.22. The van der Waals surface area contributed by atoms with Crippen molar-refractivity contribution in [2.75, 3.05) is 33.1 Å². The molecule has 6 nitrogen and oxygen atoms in total. The summed E-state index contributed by atoms with van der Waals surface area (Å²) in [7, 11) is 5.00. The highest BCUT2D eigenvalue weighted by Crippen LogP contribution is 2.29. The topological polar surface area (TPSA) is 70.7 Å². The van der Waals surface area contributed by atoms with Crippen LogP contribution in [0, 0.1) is 6.92 Å². The number of H-pyrrole nitrogens is 1. The molecule has 6 heteroatoms. The number of ether oxygens (including phenoxy) is 2.